The Bertz CT molecular complexity index is 468. The predicted octanol–water partition coefficient (Wildman–Crippen LogP) is 0.684. The predicted molar refractivity (Wildman–Crippen MR) is 79.1 cm³/mol. The van der Waals surface area contributed by atoms with E-state index >= 15 is 0 Å². The first-order chi connectivity index (χ1) is 10.7. The highest BCUT2D eigenvalue weighted by Gasteiger charge is 2.25. The van der Waals surface area contributed by atoms with Crippen molar-refractivity contribution in [3.8, 4) is 11.8 Å². The number of rotatable bonds is 6. The van der Waals surface area contributed by atoms with Crippen LogP contribution in [0, 0.1) is 0 Å². The van der Waals surface area contributed by atoms with Crippen LogP contribution in [0.25, 0.3) is 0 Å². The number of carbonyl (C=O) groups excluding carboxylic acids is 1. The molecule has 1 saturated heterocycles. The van der Waals surface area contributed by atoms with Gasteiger partial charge < -0.3 is 24.4 Å². The highest BCUT2D eigenvalue weighted by atomic mass is 16.5. The molecule has 0 saturated carbocycles. The highest BCUT2D eigenvalue weighted by molar-refractivity contribution is 5.74. The largest absolute Gasteiger partial charge is 0.480 e. The van der Waals surface area contributed by atoms with Crippen molar-refractivity contribution >= 4 is 6.03 Å². The molecule has 122 valence electrons. The van der Waals surface area contributed by atoms with E-state index in [1.807, 2.05) is 0 Å². The smallest absolute Gasteiger partial charge is 0.317 e. The molecule has 8 heteroatoms. The lowest BCUT2D eigenvalue weighted by Gasteiger charge is -2.32. The second kappa shape index (κ2) is 8.38. The van der Waals surface area contributed by atoms with Crippen LogP contribution in [0.3, 0.4) is 0 Å². The monoisotopic (exact) mass is 310 g/mol. The van der Waals surface area contributed by atoms with Gasteiger partial charge in [0.25, 0.3) is 0 Å². The zero-order chi connectivity index (χ0) is 15.8. The van der Waals surface area contributed by atoms with E-state index in [-0.39, 0.29) is 12.1 Å². The Hall–Kier alpha value is -2.09. The SMILES string of the molecule is COCCNC(=O)N1CCCC(Oc2ccc(OC)nn2)C1. The van der Waals surface area contributed by atoms with E-state index in [1.54, 1.807) is 24.1 Å². The van der Waals surface area contributed by atoms with E-state index in [0.717, 1.165) is 19.4 Å². The maximum Gasteiger partial charge on any atom is 0.317 e. The van der Waals surface area contributed by atoms with Crippen LogP contribution < -0.4 is 14.8 Å². The van der Waals surface area contributed by atoms with Crippen LogP contribution in [-0.2, 0) is 4.74 Å². The molecule has 1 aromatic heterocycles. The molecule has 22 heavy (non-hydrogen) atoms. The lowest BCUT2D eigenvalue weighted by Crippen LogP contribution is -2.49. The molecule has 1 aromatic rings. The van der Waals surface area contributed by atoms with Crippen molar-refractivity contribution < 1.29 is 19.0 Å². The van der Waals surface area contributed by atoms with Crippen molar-refractivity contribution in [2.45, 2.75) is 18.9 Å². The van der Waals surface area contributed by atoms with E-state index in [1.165, 1.54) is 7.11 Å². The molecule has 1 fully saturated rings. The Kier molecular flexibility index (Phi) is 6.20. The Morgan fingerprint density at radius 2 is 2.14 bits per heavy atom. The normalized spacial score (nSPS) is 17.9. The topological polar surface area (TPSA) is 85.8 Å². The standard InChI is InChI=1S/C14H22N4O4/c1-20-9-7-15-14(19)18-8-3-4-11(10-18)22-13-6-5-12(21-2)16-17-13/h5-6,11H,3-4,7-10H2,1-2H3,(H,15,19). The maximum absolute atomic E-state index is 12.0. The molecule has 0 radical (unpaired) electrons. The van der Waals surface area contributed by atoms with E-state index in [4.69, 9.17) is 14.2 Å². The number of ether oxygens (including phenoxy) is 3. The van der Waals surface area contributed by atoms with E-state index < -0.39 is 0 Å². The Morgan fingerprint density at radius 3 is 2.82 bits per heavy atom. The Labute approximate surface area is 129 Å². The minimum Gasteiger partial charge on any atom is -0.480 e. The number of methoxy groups -OCH3 is 2. The lowest BCUT2D eigenvalue weighted by molar-refractivity contribution is 0.0957. The average Bonchev–Trinajstić information content (AvgIpc) is 2.56. The van der Waals surface area contributed by atoms with Gasteiger partial charge in [-0.15, -0.1) is 10.2 Å². The Morgan fingerprint density at radius 1 is 1.36 bits per heavy atom. The molecule has 2 heterocycles. The molecule has 1 unspecified atom stereocenters. The van der Waals surface area contributed by atoms with Crippen LogP contribution in [0.15, 0.2) is 12.1 Å². The summed E-state index contributed by atoms with van der Waals surface area (Å²) in [5.41, 5.74) is 0. The summed E-state index contributed by atoms with van der Waals surface area (Å²) in [5, 5.41) is 10.6. The number of nitrogens with one attached hydrogen (secondary N) is 1. The zero-order valence-electron chi connectivity index (χ0n) is 12.9. The second-order valence-corrected chi connectivity index (χ2v) is 4.97. The molecular weight excluding hydrogens is 288 g/mol. The van der Waals surface area contributed by atoms with Gasteiger partial charge in [-0.25, -0.2) is 4.79 Å². The average molecular weight is 310 g/mol. The molecule has 2 amide bonds. The fraction of sp³-hybridized carbons (Fsp3) is 0.643. The zero-order valence-corrected chi connectivity index (χ0v) is 12.9. The van der Waals surface area contributed by atoms with Gasteiger partial charge in [0.2, 0.25) is 11.8 Å². The third-order valence-electron chi connectivity index (χ3n) is 3.36. The summed E-state index contributed by atoms with van der Waals surface area (Å²) in [6, 6.07) is 3.32. The van der Waals surface area contributed by atoms with Crippen LogP contribution in [0.1, 0.15) is 12.8 Å². The van der Waals surface area contributed by atoms with Gasteiger partial charge in [0.05, 0.1) is 20.3 Å². The molecule has 0 bridgehead atoms. The van der Waals surface area contributed by atoms with Gasteiger partial charge in [-0.3, -0.25) is 0 Å². The Balaban J connectivity index is 1.83. The number of hydrogen-bond acceptors (Lipinski definition) is 6. The minimum absolute atomic E-state index is 0.0791. The van der Waals surface area contributed by atoms with Crippen molar-refractivity contribution in [3.05, 3.63) is 12.1 Å². The van der Waals surface area contributed by atoms with Crippen molar-refractivity contribution in [3.63, 3.8) is 0 Å². The first kappa shape index (κ1) is 16.3. The first-order valence-corrected chi connectivity index (χ1v) is 7.29. The first-order valence-electron chi connectivity index (χ1n) is 7.29. The summed E-state index contributed by atoms with van der Waals surface area (Å²) in [7, 11) is 3.14. The molecule has 1 aliphatic rings. The highest BCUT2D eigenvalue weighted by Crippen LogP contribution is 2.17. The number of amides is 2. The number of aromatic nitrogens is 2. The molecule has 1 aliphatic heterocycles. The summed E-state index contributed by atoms with van der Waals surface area (Å²) in [4.78, 5) is 13.8. The van der Waals surface area contributed by atoms with E-state index in [9.17, 15) is 4.79 Å². The molecule has 0 aromatic carbocycles. The second-order valence-electron chi connectivity index (χ2n) is 4.97. The summed E-state index contributed by atoms with van der Waals surface area (Å²) >= 11 is 0. The molecule has 8 nitrogen and oxygen atoms in total. The van der Waals surface area contributed by atoms with Crippen molar-refractivity contribution in [1.82, 2.24) is 20.4 Å². The molecule has 1 atom stereocenters. The molecule has 0 aliphatic carbocycles. The third kappa shape index (κ3) is 4.73. The van der Waals surface area contributed by atoms with E-state index in [2.05, 4.69) is 15.5 Å². The fourth-order valence-corrected chi connectivity index (χ4v) is 2.24. The number of urea groups is 1. The molecular formula is C14H22N4O4. The number of nitrogens with zero attached hydrogens (tertiary/aromatic N) is 3. The van der Waals surface area contributed by atoms with Gasteiger partial charge >= 0.3 is 6.03 Å². The van der Waals surface area contributed by atoms with Gasteiger partial charge in [-0.1, -0.05) is 0 Å². The number of piperidine rings is 1. The van der Waals surface area contributed by atoms with Crippen LogP contribution in [0.5, 0.6) is 11.8 Å². The van der Waals surface area contributed by atoms with Crippen LogP contribution in [-0.4, -0.2) is 67.7 Å². The summed E-state index contributed by atoms with van der Waals surface area (Å²) < 4.78 is 15.7. The van der Waals surface area contributed by atoms with Gasteiger partial charge in [0.15, 0.2) is 0 Å². The van der Waals surface area contributed by atoms with Gasteiger partial charge in [-0.2, -0.15) is 0 Å². The summed E-state index contributed by atoms with van der Waals surface area (Å²) in [6.07, 6.45) is 1.70. The minimum atomic E-state index is -0.0915. The van der Waals surface area contributed by atoms with Gasteiger partial charge in [0.1, 0.15) is 6.10 Å². The number of carbonyl (C=O) groups is 1. The van der Waals surface area contributed by atoms with Gasteiger partial charge in [-0.05, 0) is 12.8 Å². The maximum atomic E-state index is 12.0. The van der Waals surface area contributed by atoms with Crippen molar-refractivity contribution in [2.75, 3.05) is 40.5 Å². The number of hydrogen-bond donors (Lipinski definition) is 1. The third-order valence-corrected chi connectivity index (χ3v) is 3.36. The fourth-order valence-electron chi connectivity index (χ4n) is 2.24. The summed E-state index contributed by atoms with van der Waals surface area (Å²) in [6.45, 7) is 2.27. The number of likely N-dealkylation sites (tertiary alicyclic amines) is 1. The van der Waals surface area contributed by atoms with Crippen LogP contribution >= 0.6 is 0 Å². The molecule has 2 rings (SSSR count). The van der Waals surface area contributed by atoms with Crippen LogP contribution in [0.2, 0.25) is 0 Å². The van der Waals surface area contributed by atoms with Crippen molar-refractivity contribution in [2.24, 2.45) is 0 Å². The van der Waals surface area contributed by atoms with E-state index in [0.29, 0.717) is 31.5 Å². The lowest BCUT2D eigenvalue weighted by atomic mass is 10.1. The quantitative estimate of drug-likeness (QED) is 0.778. The molecule has 0 spiro atoms. The summed E-state index contributed by atoms with van der Waals surface area (Å²) in [5.74, 6) is 0.877. The van der Waals surface area contributed by atoms with Crippen molar-refractivity contribution in [1.29, 1.82) is 0 Å². The van der Waals surface area contributed by atoms with Gasteiger partial charge in [0, 0.05) is 32.3 Å². The van der Waals surface area contributed by atoms with Crippen LogP contribution in [0.4, 0.5) is 4.79 Å². The molecule has 1 N–H and O–H groups in total.